The van der Waals surface area contributed by atoms with Gasteiger partial charge in [-0.3, -0.25) is 0 Å². The molecular formula is C13H14Cl2O4. The van der Waals surface area contributed by atoms with E-state index in [9.17, 15) is 4.79 Å². The quantitative estimate of drug-likeness (QED) is 0.810. The van der Waals surface area contributed by atoms with Crippen LogP contribution in [0.4, 0.5) is 0 Å². The number of benzene rings is 1. The summed E-state index contributed by atoms with van der Waals surface area (Å²) in [6.45, 7) is 4.41. The highest BCUT2D eigenvalue weighted by molar-refractivity contribution is 6.38. The number of hydrogen-bond donors (Lipinski definition) is 1. The molecule has 0 fully saturated rings. The summed E-state index contributed by atoms with van der Waals surface area (Å²) in [5, 5.41) is 9.20. The third-order valence-electron chi connectivity index (χ3n) is 2.14. The van der Waals surface area contributed by atoms with Crippen LogP contribution >= 0.6 is 23.2 Å². The molecule has 104 valence electrons. The lowest BCUT2D eigenvalue weighted by Gasteiger charge is -2.15. The fraction of sp³-hybridized carbons (Fsp3) is 0.308. The summed E-state index contributed by atoms with van der Waals surface area (Å²) in [5.74, 6) is -0.375. The largest absolute Gasteiger partial charge is 0.492 e. The first-order valence-corrected chi connectivity index (χ1v) is 6.45. The second kappa shape index (κ2) is 7.26. The number of carboxylic acid groups (broad SMARTS) is 1. The SMILES string of the molecule is CCOc1c(Cl)cc(/C=C/C(=O)O)c(OCC)c1Cl. The number of ether oxygens (including phenoxy) is 2. The van der Waals surface area contributed by atoms with E-state index in [2.05, 4.69) is 0 Å². The van der Waals surface area contributed by atoms with Gasteiger partial charge in [0, 0.05) is 11.6 Å². The predicted octanol–water partition coefficient (Wildman–Crippen LogP) is 3.89. The van der Waals surface area contributed by atoms with Gasteiger partial charge >= 0.3 is 5.97 Å². The van der Waals surface area contributed by atoms with Gasteiger partial charge in [0.25, 0.3) is 0 Å². The summed E-state index contributed by atoms with van der Waals surface area (Å²) >= 11 is 12.2. The normalized spacial score (nSPS) is 10.7. The van der Waals surface area contributed by atoms with Crippen molar-refractivity contribution in [3.05, 3.63) is 27.8 Å². The van der Waals surface area contributed by atoms with E-state index in [4.69, 9.17) is 37.8 Å². The smallest absolute Gasteiger partial charge is 0.328 e. The summed E-state index contributed by atoms with van der Waals surface area (Å²) in [6, 6.07) is 1.56. The van der Waals surface area contributed by atoms with Crippen molar-refractivity contribution in [2.45, 2.75) is 13.8 Å². The van der Waals surface area contributed by atoms with Crippen molar-refractivity contribution in [2.75, 3.05) is 13.2 Å². The van der Waals surface area contributed by atoms with E-state index < -0.39 is 5.97 Å². The summed E-state index contributed by atoms with van der Waals surface area (Å²) < 4.78 is 10.8. The lowest BCUT2D eigenvalue weighted by Crippen LogP contribution is -2.00. The van der Waals surface area contributed by atoms with Crippen LogP contribution in [0.2, 0.25) is 10.0 Å². The van der Waals surface area contributed by atoms with Crippen molar-refractivity contribution >= 4 is 35.2 Å². The summed E-state index contributed by atoms with van der Waals surface area (Å²) in [7, 11) is 0. The molecule has 1 aromatic carbocycles. The Kier molecular flexibility index (Phi) is 5.99. The maximum atomic E-state index is 10.6. The number of hydrogen-bond acceptors (Lipinski definition) is 3. The summed E-state index contributed by atoms with van der Waals surface area (Å²) in [5.41, 5.74) is 0.489. The van der Waals surface area contributed by atoms with Crippen molar-refractivity contribution in [3.8, 4) is 11.5 Å². The number of carboxylic acids is 1. The molecule has 0 bridgehead atoms. The zero-order chi connectivity index (χ0) is 14.4. The molecule has 0 saturated carbocycles. The molecule has 0 aliphatic heterocycles. The van der Waals surface area contributed by atoms with Crippen LogP contribution < -0.4 is 9.47 Å². The molecule has 0 amide bonds. The first-order chi connectivity index (χ1) is 9.01. The second-order valence-electron chi connectivity index (χ2n) is 3.46. The van der Waals surface area contributed by atoms with E-state index in [1.54, 1.807) is 13.0 Å². The van der Waals surface area contributed by atoms with Gasteiger partial charge in [-0.15, -0.1) is 0 Å². The Labute approximate surface area is 121 Å². The highest BCUT2D eigenvalue weighted by Gasteiger charge is 2.17. The zero-order valence-electron chi connectivity index (χ0n) is 10.6. The Morgan fingerprint density at radius 2 is 1.84 bits per heavy atom. The minimum absolute atomic E-state index is 0.237. The van der Waals surface area contributed by atoms with E-state index in [-0.39, 0.29) is 5.02 Å². The van der Waals surface area contributed by atoms with Crippen molar-refractivity contribution in [2.24, 2.45) is 0 Å². The van der Waals surface area contributed by atoms with Crippen LogP contribution in [0, 0.1) is 0 Å². The van der Waals surface area contributed by atoms with E-state index in [1.165, 1.54) is 6.08 Å². The van der Waals surface area contributed by atoms with Crippen LogP contribution in [0.3, 0.4) is 0 Å². The van der Waals surface area contributed by atoms with Gasteiger partial charge in [0.05, 0.1) is 18.2 Å². The molecule has 0 aliphatic carbocycles. The molecule has 1 rings (SSSR count). The third-order valence-corrected chi connectivity index (χ3v) is 2.77. The minimum Gasteiger partial charge on any atom is -0.492 e. The molecular weight excluding hydrogens is 291 g/mol. The van der Waals surface area contributed by atoms with Crippen molar-refractivity contribution in [1.82, 2.24) is 0 Å². The van der Waals surface area contributed by atoms with E-state index >= 15 is 0 Å². The van der Waals surface area contributed by atoms with Crippen LogP contribution in [0.25, 0.3) is 6.08 Å². The molecule has 0 saturated heterocycles. The Bertz CT molecular complexity index is 498. The van der Waals surface area contributed by atoms with Crippen molar-refractivity contribution in [1.29, 1.82) is 0 Å². The maximum Gasteiger partial charge on any atom is 0.328 e. The fourth-order valence-electron chi connectivity index (χ4n) is 1.45. The van der Waals surface area contributed by atoms with Crippen LogP contribution in [0.5, 0.6) is 11.5 Å². The van der Waals surface area contributed by atoms with Gasteiger partial charge in [-0.2, -0.15) is 0 Å². The maximum absolute atomic E-state index is 10.6. The third kappa shape index (κ3) is 4.04. The molecule has 0 heterocycles. The van der Waals surface area contributed by atoms with Crippen LogP contribution in [-0.2, 0) is 4.79 Å². The Balaban J connectivity index is 3.34. The highest BCUT2D eigenvalue weighted by atomic mass is 35.5. The molecule has 0 aliphatic rings. The van der Waals surface area contributed by atoms with Gasteiger partial charge in [-0.1, -0.05) is 23.2 Å². The van der Waals surface area contributed by atoms with E-state index in [0.29, 0.717) is 35.3 Å². The number of halogens is 2. The average molecular weight is 305 g/mol. The second-order valence-corrected chi connectivity index (χ2v) is 4.24. The van der Waals surface area contributed by atoms with Crippen LogP contribution in [0.15, 0.2) is 12.1 Å². The van der Waals surface area contributed by atoms with Gasteiger partial charge in [-0.25, -0.2) is 4.79 Å². The number of rotatable bonds is 6. The molecule has 0 unspecified atom stereocenters. The topological polar surface area (TPSA) is 55.8 Å². The Morgan fingerprint density at radius 1 is 1.26 bits per heavy atom. The molecule has 0 atom stereocenters. The molecule has 1 aromatic rings. The first kappa shape index (κ1) is 15.7. The summed E-state index contributed by atoms with van der Waals surface area (Å²) in [4.78, 5) is 10.6. The van der Waals surface area contributed by atoms with Gasteiger partial charge in [0.1, 0.15) is 10.8 Å². The van der Waals surface area contributed by atoms with Crippen molar-refractivity contribution < 1.29 is 19.4 Å². The summed E-state index contributed by atoms with van der Waals surface area (Å²) in [6.07, 6.45) is 2.37. The lowest BCUT2D eigenvalue weighted by atomic mass is 10.1. The average Bonchev–Trinajstić information content (AvgIpc) is 2.35. The zero-order valence-corrected chi connectivity index (χ0v) is 12.1. The highest BCUT2D eigenvalue weighted by Crippen LogP contribution is 2.43. The molecule has 6 heteroatoms. The monoisotopic (exact) mass is 304 g/mol. The van der Waals surface area contributed by atoms with Crippen molar-refractivity contribution in [3.63, 3.8) is 0 Å². The van der Waals surface area contributed by atoms with Crippen LogP contribution in [-0.4, -0.2) is 24.3 Å². The van der Waals surface area contributed by atoms with Crippen LogP contribution in [0.1, 0.15) is 19.4 Å². The molecule has 4 nitrogen and oxygen atoms in total. The Hall–Kier alpha value is -1.39. The van der Waals surface area contributed by atoms with Gasteiger partial charge < -0.3 is 14.6 Å². The standard InChI is InChI=1S/C13H14Cl2O4/c1-3-18-12-8(5-6-10(16)17)7-9(14)13(11(12)15)19-4-2/h5-7H,3-4H2,1-2H3,(H,16,17)/b6-5+. The molecule has 1 N–H and O–H groups in total. The van der Waals surface area contributed by atoms with Gasteiger partial charge in [0.15, 0.2) is 5.75 Å². The van der Waals surface area contributed by atoms with Gasteiger partial charge in [-0.05, 0) is 26.0 Å². The predicted molar refractivity (Wildman–Crippen MR) is 75.5 cm³/mol. The van der Waals surface area contributed by atoms with Gasteiger partial charge in [0.2, 0.25) is 0 Å². The molecule has 0 radical (unpaired) electrons. The van der Waals surface area contributed by atoms with E-state index in [1.807, 2.05) is 6.92 Å². The lowest BCUT2D eigenvalue weighted by molar-refractivity contribution is -0.131. The van der Waals surface area contributed by atoms with E-state index in [0.717, 1.165) is 6.08 Å². The molecule has 0 spiro atoms. The Morgan fingerprint density at radius 3 is 2.37 bits per heavy atom. The number of aliphatic carboxylic acids is 1. The molecule has 19 heavy (non-hydrogen) atoms. The minimum atomic E-state index is -1.07. The fourth-order valence-corrected chi connectivity index (χ4v) is 2.09. The first-order valence-electron chi connectivity index (χ1n) is 5.69. The molecule has 0 aromatic heterocycles. The number of carbonyl (C=O) groups is 1.